The highest BCUT2D eigenvalue weighted by atomic mass is 19.4. The summed E-state index contributed by atoms with van der Waals surface area (Å²) in [5.74, 6) is -0.536. The van der Waals surface area contributed by atoms with E-state index in [1.54, 1.807) is 12.1 Å². The number of aliphatic hydroxyl groups is 1. The smallest absolute Gasteiger partial charge is 0.416 e. The predicted octanol–water partition coefficient (Wildman–Crippen LogP) is 6.01. The van der Waals surface area contributed by atoms with Crippen LogP contribution in [-0.4, -0.2) is 24.7 Å². The summed E-state index contributed by atoms with van der Waals surface area (Å²) in [6.07, 6.45) is -3.81. The highest BCUT2D eigenvalue weighted by molar-refractivity contribution is 6.03. The van der Waals surface area contributed by atoms with Crippen molar-refractivity contribution < 1.29 is 32.5 Å². The van der Waals surface area contributed by atoms with E-state index in [9.17, 15) is 23.1 Å². The zero-order valence-corrected chi connectivity index (χ0v) is 17.2. The lowest BCUT2D eigenvalue weighted by Crippen LogP contribution is -2.15. The van der Waals surface area contributed by atoms with E-state index in [2.05, 4.69) is 15.5 Å². The first-order chi connectivity index (χ1) is 14.7. The Hall–Kier alpha value is -3.56. The highest BCUT2D eigenvalue weighted by Gasteiger charge is 2.30. The Kier molecular flexibility index (Phi) is 8.00. The molecule has 0 aliphatic heterocycles. The van der Waals surface area contributed by atoms with Crippen LogP contribution in [0.5, 0.6) is 11.5 Å². The fraction of sp³-hybridized carbons (Fsp3) is 0.286. The standard InChI is InChI=1S/C21H22F3N3O4/c1-4-10-31-18-9-8-16(30-3)12-17(18)26-27-19(13(2)28)20(29)25-15-7-5-6-14(11-15)21(22,23)24/h5-9,11-12,28H,4,10H2,1-3H3,(H,25,29)/b19-13-,27-26?. The molecule has 2 aromatic carbocycles. The number of carbonyl (C=O) groups excluding carboxylic acids is 1. The fourth-order valence-corrected chi connectivity index (χ4v) is 2.39. The summed E-state index contributed by atoms with van der Waals surface area (Å²) in [4.78, 5) is 12.5. The van der Waals surface area contributed by atoms with Crippen LogP contribution < -0.4 is 14.8 Å². The molecule has 0 aliphatic carbocycles. The van der Waals surface area contributed by atoms with Crippen LogP contribution in [0.15, 0.2) is 64.1 Å². The molecule has 2 N–H and O–H groups in total. The van der Waals surface area contributed by atoms with Gasteiger partial charge in [0.05, 0.1) is 19.3 Å². The van der Waals surface area contributed by atoms with Crippen molar-refractivity contribution in [3.8, 4) is 11.5 Å². The number of nitrogens with one attached hydrogen (secondary N) is 1. The van der Waals surface area contributed by atoms with Crippen LogP contribution >= 0.6 is 0 Å². The van der Waals surface area contributed by atoms with E-state index in [4.69, 9.17) is 9.47 Å². The molecule has 0 saturated heterocycles. The highest BCUT2D eigenvalue weighted by Crippen LogP contribution is 2.33. The third-order valence-corrected chi connectivity index (χ3v) is 3.89. The molecule has 0 saturated carbocycles. The number of hydrogen-bond acceptors (Lipinski definition) is 6. The maximum atomic E-state index is 12.9. The first-order valence-corrected chi connectivity index (χ1v) is 9.26. The SMILES string of the molecule is CCCOc1ccc(OC)cc1N=N/C(C(=O)Nc1cccc(C(F)(F)F)c1)=C(/C)O. The van der Waals surface area contributed by atoms with Crippen molar-refractivity contribution in [1.29, 1.82) is 0 Å². The Labute approximate surface area is 177 Å². The van der Waals surface area contributed by atoms with E-state index in [0.29, 0.717) is 18.1 Å². The molecule has 0 unspecified atom stereocenters. The number of allylic oxidation sites excluding steroid dienone is 1. The molecular formula is C21H22F3N3O4. The fourth-order valence-electron chi connectivity index (χ4n) is 2.39. The van der Waals surface area contributed by atoms with Gasteiger partial charge in [-0.25, -0.2) is 0 Å². The molecule has 31 heavy (non-hydrogen) atoms. The lowest BCUT2D eigenvalue weighted by Gasteiger charge is -2.11. The van der Waals surface area contributed by atoms with Crippen molar-refractivity contribution in [3.63, 3.8) is 0 Å². The number of rotatable bonds is 8. The monoisotopic (exact) mass is 437 g/mol. The number of ether oxygens (including phenoxy) is 2. The molecule has 0 aromatic heterocycles. The molecule has 2 aromatic rings. The molecule has 0 aliphatic rings. The van der Waals surface area contributed by atoms with Crippen LogP contribution in [0.3, 0.4) is 0 Å². The summed E-state index contributed by atoms with van der Waals surface area (Å²) in [5.41, 5.74) is -1.26. The summed E-state index contributed by atoms with van der Waals surface area (Å²) >= 11 is 0. The predicted molar refractivity (Wildman–Crippen MR) is 109 cm³/mol. The van der Waals surface area contributed by atoms with Gasteiger partial charge in [0.1, 0.15) is 22.9 Å². The van der Waals surface area contributed by atoms with Crippen LogP contribution in [0.2, 0.25) is 0 Å². The minimum Gasteiger partial charge on any atom is -0.510 e. The van der Waals surface area contributed by atoms with E-state index in [1.165, 1.54) is 26.2 Å². The number of methoxy groups -OCH3 is 1. The van der Waals surface area contributed by atoms with Gasteiger partial charge in [0, 0.05) is 11.8 Å². The van der Waals surface area contributed by atoms with E-state index in [0.717, 1.165) is 24.6 Å². The molecule has 1 amide bonds. The first-order valence-electron chi connectivity index (χ1n) is 9.26. The number of nitrogens with zero attached hydrogens (tertiary/aromatic N) is 2. The van der Waals surface area contributed by atoms with Crippen molar-refractivity contribution in [2.45, 2.75) is 26.4 Å². The number of amides is 1. The number of anilines is 1. The first kappa shape index (κ1) is 23.7. The zero-order chi connectivity index (χ0) is 23.0. The Balaban J connectivity index is 2.29. The van der Waals surface area contributed by atoms with Gasteiger partial charge in [-0.2, -0.15) is 13.2 Å². The van der Waals surface area contributed by atoms with Gasteiger partial charge in [-0.15, -0.1) is 10.2 Å². The lowest BCUT2D eigenvalue weighted by atomic mass is 10.2. The zero-order valence-electron chi connectivity index (χ0n) is 17.2. The van der Waals surface area contributed by atoms with E-state index < -0.39 is 29.1 Å². The van der Waals surface area contributed by atoms with Crippen LogP contribution in [-0.2, 0) is 11.0 Å². The molecule has 0 spiro atoms. The van der Waals surface area contributed by atoms with Gasteiger partial charge in [0.15, 0.2) is 5.70 Å². The van der Waals surface area contributed by atoms with Gasteiger partial charge in [-0.1, -0.05) is 13.0 Å². The third kappa shape index (κ3) is 6.73. The summed E-state index contributed by atoms with van der Waals surface area (Å²) in [6, 6.07) is 8.92. The molecular weight excluding hydrogens is 415 g/mol. The molecule has 0 atom stereocenters. The molecule has 0 fully saturated rings. The average molecular weight is 437 g/mol. The Morgan fingerprint density at radius 3 is 2.55 bits per heavy atom. The minimum absolute atomic E-state index is 0.109. The van der Waals surface area contributed by atoms with Gasteiger partial charge >= 0.3 is 6.18 Å². The Morgan fingerprint density at radius 1 is 1.19 bits per heavy atom. The molecule has 0 heterocycles. The number of carbonyl (C=O) groups is 1. The number of alkyl halides is 3. The van der Waals surface area contributed by atoms with Gasteiger partial charge in [0.25, 0.3) is 5.91 Å². The van der Waals surface area contributed by atoms with E-state index in [-0.39, 0.29) is 11.4 Å². The number of benzene rings is 2. The second-order valence-corrected chi connectivity index (χ2v) is 6.35. The number of hydrogen-bond donors (Lipinski definition) is 2. The van der Waals surface area contributed by atoms with Gasteiger partial charge < -0.3 is 19.9 Å². The molecule has 10 heteroatoms. The second-order valence-electron chi connectivity index (χ2n) is 6.35. The summed E-state index contributed by atoms with van der Waals surface area (Å²) in [6.45, 7) is 3.56. The molecule has 2 rings (SSSR count). The lowest BCUT2D eigenvalue weighted by molar-refractivity contribution is -0.137. The second kappa shape index (κ2) is 10.5. The van der Waals surface area contributed by atoms with Crippen molar-refractivity contribution in [2.75, 3.05) is 19.0 Å². The molecule has 166 valence electrons. The van der Waals surface area contributed by atoms with Crippen LogP contribution in [0, 0.1) is 0 Å². The van der Waals surface area contributed by atoms with Crippen molar-refractivity contribution in [2.24, 2.45) is 10.2 Å². The van der Waals surface area contributed by atoms with Gasteiger partial charge in [0.2, 0.25) is 0 Å². The maximum absolute atomic E-state index is 12.9. The molecule has 7 nitrogen and oxygen atoms in total. The van der Waals surface area contributed by atoms with Crippen molar-refractivity contribution in [3.05, 3.63) is 59.5 Å². The topological polar surface area (TPSA) is 92.5 Å². The average Bonchev–Trinajstić information content (AvgIpc) is 2.72. The summed E-state index contributed by atoms with van der Waals surface area (Å²) < 4.78 is 49.3. The van der Waals surface area contributed by atoms with E-state index in [1.807, 2.05) is 6.92 Å². The Bertz CT molecular complexity index is 984. The normalized spacial score (nSPS) is 12.5. The van der Waals surface area contributed by atoms with Crippen molar-refractivity contribution in [1.82, 2.24) is 0 Å². The van der Waals surface area contributed by atoms with Gasteiger partial charge in [-0.3, -0.25) is 4.79 Å². The van der Waals surface area contributed by atoms with Crippen LogP contribution in [0.4, 0.5) is 24.5 Å². The minimum atomic E-state index is -4.56. The maximum Gasteiger partial charge on any atom is 0.416 e. The summed E-state index contributed by atoms with van der Waals surface area (Å²) in [5, 5.41) is 19.9. The number of halogens is 3. The number of azo groups is 1. The Morgan fingerprint density at radius 2 is 1.94 bits per heavy atom. The number of aliphatic hydroxyl groups excluding tert-OH is 1. The summed E-state index contributed by atoms with van der Waals surface area (Å²) in [7, 11) is 1.47. The largest absolute Gasteiger partial charge is 0.510 e. The third-order valence-electron chi connectivity index (χ3n) is 3.89. The van der Waals surface area contributed by atoms with Crippen LogP contribution in [0.25, 0.3) is 0 Å². The quantitative estimate of drug-likeness (QED) is 0.300. The van der Waals surface area contributed by atoms with Crippen molar-refractivity contribution >= 4 is 17.3 Å². The van der Waals surface area contributed by atoms with Gasteiger partial charge in [-0.05, 0) is 43.7 Å². The molecule has 0 bridgehead atoms. The molecule has 0 radical (unpaired) electrons. The van der Waals surface area contributed by atoms with E-state index >= 15 is 0 Å². The van der Waals surface area contributed by atoms with Crippen LogP contribution in [0.1, 0.15) is 25.8 Å².